The first kappa shape index (κ1) is 14.5. The molecule has 1 aliphatic rings. The number of nitrogens with zero attached hydrogens (tertiary/aromatic N) is 3. The predicted octanol–water partition coefficient (Wildman–Crippen LogP) is 1.70. The molecule has 0 bridgehead atoms. The second kappa shape index (κ2) is 6.53. The summed E-state index contributed by atoms with van der Waals surface area (Å²) in [6.45, 7) is 1.56. The van der Waals surface area contributed by atoms with Crippen molar-refractivity contribution in [3.05, 3.63) is 54.1 Å². The molecule has 6 nitrogen and oxygen atoms in total. The second-order valence-electron chi connectivity index (χ2n) is 4.97. The first-order valence-electron chi connectivity index (χ1n) is 7.09. The molecular formula is C16H17N3O3. The van der Waals surface area contributed by atoms with Crippen LogP contribution in [0.2, 0.25) is 0 Å². The number of ether oxygens (including phenoxy) is 2. The van der Waals surface area contributed by atoms with Crippen molar-refractivity contribution < 1.29 is 14.3 Å². The summed E-state index contributed by atoms with van der Waals surface area (Å²) >= 11 is 0. The van der Waals surface area contributed by atoms with Crippen LogP contribution >= 0.6 is 0 Å². The van der Waals surface area contributed by atoms with Crippen molar-refractivity contribution in [3.8, 4) is 5.75 Å². The lowest BCUT2D eigenvalue weighted by molar-refractivity contribution is -0.0230. The van der Waals surface area contributed by atoms with E-state index in [9.17, 15) is 4.79 Å². The highest BCUT2D eigenvalue weighted by Crippen LogP contribution is 2.24. The molecule has 1 fully saturated rings. The molecule has 1 unspecified atom stereocenters. The summed E-state index contributed by atoms with van der Waals surface area (Å²) in [5.74, 6) is 0.682. The fourth-order valence-electron chi connectivity index (χ4n) is 2.43. The Balaban J connectivity index is 1.72. The van der Waals surface area contributed by atoms with Gasteiger partial charge < -0.3 is 14.4 Å². The summed E-state index contributed by atoms with van der Waals surface area (Å²) in [6, 6.07) is 7.70. The molecule has 2 aromatic rings. The minimum absolute atomic E-state index is 0.116. The molecule has 2 heterocycles. The third-order valence-corrected chi connectivity index (χ3v) is 3.62. The third kappa shape index (κ3) is 3.07. The van der Waals surface area contributed by atoms with Crippen LogP contribution in [0.15, 0.2) is 42.9 Å². The largest absolute Gasteiger partial charge is 0.497 e. The minimum atomic E-state index is -0.139. The Morgan fingerprint density at radius 3 is 2.82 bits per heavy atom. The van der Waals surface area contributed by atoms with Crippen LogP contribution < -0.4 is 4.74 Å². The maximum atomic E-state index is 12.4. The molecule has 1 aromatic heterocycles. The average Bonchev–Trinajstić information content (AvgIpc) is 2.62. The van der Waals surface area contributed by atoms with E-state index in [1.807, 2.05) is 24.3 Å². The van der Waals surface area contributed by atoms with Crippen LogP contribution in [0.25, 0.3) is 0 Å². The highest BCUT2D eigenvalue weighted by molar-refractivity contribution is 5.92. The van der Waals surface area contributed by atoms with Crippen molar-refractivity contribution in [2.45, 2.75) is 6.10 Å². The normalized spacial score (nSPS) is 18.0. The molecule has 0 N–H and O–H groups in total. The van der Waals surface area contributed by atoms with Gasteiger partial charge in [0, 0.05) is 18.9 Å². The molecule has 0 spiro atoms. The van der Waals surface area contributed by atoms with Gasteiger partial charge in [0.05, 0.1) is 26.5 Å². The number of carbonyl (C=O) groups excluding carboxylic acids is 1. The Morgan fingerprint density at radius 2 is 2.14 bits per heavy atom. The monoisotopic (exact) mass is 299 g/mol. The van der Waals surface area contributed by atoms with Crippen molar-refractivity contribution in [1.82, 2.24) is 14.9 Å². The van der Waals surface area contributed by atoms with Crippen LogP contribution in [0.4, 0.5) is 0 Å². The summed E-state index contributed by atoms with van der Waals surface area (Å²) < 4.78 is 10.9. The Morgan fingerprint density at radius 1 is 1.32 bits per heavy atom. The summed E-state index contributed by atoms with van der Waals surface area (Å²) in [4.78, 5) is 22.2. The minimum Gasteiger partial charge on any atom is -0.497 e. The van der Waals surface area contributed by atoms with Gasteiger partial charge in [0.25, 0.3) is 5.91 Å². The van der Waals surface area contributed by atoms with Crippen LogP contribution in [0, 0.1) is 0 Å². The Labute approximate surface area is 128 Å². The lowest BCUT2D eigenvalue weighted by Crippen LogP contribution is -2.42. The van der Waals surface area contributed by atoms with Gasteiger partial charge in [-0.05, 0) is 17.7 Å². The molecule has 1 aliphatic heterocycles. The van der Waals surface area contributed by atoms with Gasteiger partial charge in [0.1, 0.15) is 17.5 Å². The highest BCUT2D eigenvalue weighted by Gasteiger charge is 2.26. The van der Waals surface area contributed by atoms with Crippen molar-refractivity contribution >= 4 is 5.91 Å². The van der Waals surface area contributed by atoms with Crippen LogP contribution in [-0.4, -0.2) is 47.6 Å². The first-order valence-corrected chi connectivity index (χ1v) is 7.09. The Bertz CT molecular complexity index is 631. The summed E-state index contributed by atoms with van der Waals surface area (Å²) in [5, 5.41) is 0. The summed E-state index contributed by atoms with van der Waals surface area (Å²) in [5.41, 5.74) is 1.38. The van der Waals surface area contributed by atoms with E-state index in [4.69, 9.17) is 9.47 Å². The zero-order valence-electron chi connectivity index (χ0n) is 12.3. The molecule has 1 saturated heterocycles. The van der Waals surface area contributed by atoms with E-state index in [0.717, 1.165) is 11.3 Å². The Kier molecular flexibility index (Phi) is 4.29. The third-order valence-electron chi connectivity index (χ3n) is 3.62. The van der Waals surface area contributed by atoms with E-state index in [-0.39, 0.29) is 12.0 Å². The molecule has 1 aromatic carbocycles. The smallest absolute Gasteiger partial charge is 0.274 e. The molecule has 22 heavy (non-hydrogen) atoms. The maximum Gasteiger partial charge on any atom is 0.274 e. The zero-order chi connectivity index (χ0) is 15.4. The number of hydrogen-bond acceptors (Lipinski definition) is 5. The van der Waals surface area contributed by atoms with Crippen molar-refractivity contribution in [1.29, 1.82) is 0 Å². The molecule has 1 amide bonds. The van der Waals surface area contributed by atoms with E-state index in [0.29, 0.717) is 25.4 Å². The summed E-state index contributed by atoms with van der Waals surface area (Å²) in [6.07, 6.45) is 4.42. The lowest BCUT2D eigenvalue weighted by Gasteiger charge is -2.33. The van der Waals surface area contributed by atoms with Crippen LogP contribution in [0.3, 0.4) is 0 Å². The molecular weight excluding hydrogens is 282 g/mol. The van der Waals surface area contributed by atoms with E-state index in [1.54, 1.807) is 18.2 Å². The topological polar surface area (TPSA) is 64.5 Å². The fourth-order valence-corrected chi connectivity index (χ4v) is 2.43. The Hall–Kier alpha value is -2.47. The number of methoxy groups -OCH3 is 1. The van der Waals surface area contributed by atoms with Gasteiger partial charge in [-0.25, -0.2) is 4.98 Å². The maximum absolute atomic E-state index is 12.4. The first-order chi connectivity index (χ1) is 10.8. The van der Waals surface area contributed by atoms with Crippen LogP contribution in [0.1, 0.15) is 22.2 Å². The van der Waals surface area contributed by atoms with E-state index >= 15 is 0 Å². The molecule has 3 rings (SSSR count). The van der Waals surface area contributed by atoms with E-state index < -0.39 is 0 Å². The number of hydrogen-bond donors (Lipinski definition) is 0. The average molecular weight is 299 g/mol. The van der Waals surface area contributed by atoms with Crippen molar-refractivity contribution in [3.63, 3.8) is 0 Å². The van der Waals surface area contributed by atoms with E-state index in [2.05, 4.69) is 9.97 Å². The van der Waals surface area contributed by atoms with Gasteiger partial charge in [-0.1, -0.05) is 12.1 Å². The molecule has 0 aliphatic carbocycles. The molecule has 114 valence electrons. The van der Waals surface area contributed by atoms with Gasteiger partial charge in [-0.15, -0.1) is 0 Å². The number of aromatic nitrogens is 2. The quantitative estimate of drug-likeness (QED) is 0.863. The second-order valence-corrected chi connectivity index (χ2v) is 4.97. The number of benzene rings is 1. The van der Waals surface area contributed by atoms with Crippen LogP contribution in [-0.2, 0) is 4.74 Å². The van der Waals surface area contributed by atoms with Gasteiger partial charge in [-0.3, -0.25) is 9.78 Å². The predicted molar refractivity (Wildman–Crippen MR) is 79.6 cm³/mol. The number of morpholine rings is 1. The zero-order valence-corrected chi connectivity index (χ0v) is 12.3. The van der Waals surface area contributed by atoms with Gasteiger partial charge >= 0.3 is 0 Å². The lowest BCUT2D eigenvalue weighted by atomic mass is 10.1. The molecule has 0 saturated carbocycles. The molecule has 6 heteroatoms. The molecule has 1 atom stereocenters. The van der Waals surface area contributed by atoms with Crippen LogP contribution in [0.5, 0.6) is 5.75 Å². The van der Waals surface area contributed by atoms with Gasteiger partial charge in [0.2, 0.25) is 0 Å². The van der Waals surface area contributed by atoms with Crippen molar-refractivity contribution in [2.24, 2.45) is 0 Å². The highest BCUT2D eigenvalue weighted by atomic mass is 16.5. The van der Waals surface area contributed by atoms with E-state index in [1.165, 1.54) is 12.4 Å². The van der Waals surface area contributed by atoms with Crippen molar-refractivity contribution in [2.75, 3.05) is 26.8 Å². The molecule has 0 radical (unpaired) electrons. The SMILES string of the molecule is COc1ccc(C2CN(C(=O)c3cnccn3)CCO2)cc1. The number of rotatable bonds is 3. The number of carbonyl (C=O) groups is 1. The number of amides is 1. The summed E-state index contributed by atoms with van der Waals surface area (Å²) in [7, 11) is 1.63. The fraction of sp³-hybridized carbons (Fsp3) is 0.312. The van der Waals surface area contributed by atoms with Gasteiger partial charge in [0.15, 0.2) is 0 Å². The standard InChI is InChI=1S/C16H17N3O3/c1-21-13-4-2-12(3-5-13)15-11-19(8-9-22-15)16(20)14-10-17-6-7-18-14/h2-7,10,15H,8-9,11H2,1H3. The van der Waals surface area contributed by atoms with Gasteiger partial charge in [-0.2, -0.15) is 0 Å².